The Kier molecular flexibility index (Phi) is 4.20. The van der Waals surface area contributed by atoms with Crippen LogP contribution in [0.5, 0.6) is 0 Å². The van der Waals surface area contributed by atoms with E-state index in [1.54, 1.807) is 23.0 Å². The van der Waals surface area contributed by atoms with Crippen LogP contribution in [0.15, 0.2) is 30.5 Å². The Morgan fingerprint density at radius 3 is 2.75 bits per heavy atom. The van der Waals surface area contributed by atoms with E-state index >= 15 is 0 Å². The molecule has 8 heteroatoms. The van der Waals surface area contributed by atoms with E-state index in [4.69, 9.17) is 0 Å². The van der Waals surface area contributed by atoms with Crippen LogP contribution in [0.25, 0.3) is 5.69 Å². The van der Waals surface area contributed by atoms with Crippen LogP contribution in [0.4, 0.5) is 9.18 Å². The van der Waals surface area contributed by atoms with Gasteiger partial charge in [-0.25, -0.2) is 13.9 Å². The Morgan fingerprint density at radius 1 is 1.42 bits per heavy atom. The molecule has 0 unspecified atom stereocenters. The van der Waals surface area contributed by atoms with E-state index in [9.17, 15) is 14.0 Å². The summed E-state index contributed by atoms with van der Waals surface area (Å²) in [4.78, 5) is 23.3. The zero-order valence-corrected chi connectivity index (χ0v) is 13.3. The SMILES string of the molecule is Cc1c([C@@H](C)NC(=O)[C@@H]2CNC(=O)N2)cnn1-c1ccc(F)cc1. The average molecular weight is 331 g/mol. The van der Waals surface area contributed by atoms with Crippen molar-refractivity contribution in [2.24, 2.45) is 0 Å². The average Bonchev–Trinajstić information content (AvgIpc) is 3.14. The molecule has 0 aliphatic carbocycles. The van der Waals surface area contributed by atoms with Crippen molar-refractivity contribution >= 4 is 11.9 Å². The largest absolute Gasteiger partial charge is 0.348 e. The number of rotatable bonds is 4. The molecule has 1 saturated heterocycles. The summed E-state index contributed by atoms with van der Waals surface area (Å²) < 4.78 is 14.7. The standard InChI is InChI=1S/C16H18FN5O2/c1-9(20-15(23)14-8-18-16(24)21-14)13-7-19-22(10(13)2)12-5-3-11(17)4-6-12/h3-7,9,14H,8H2,1-2H3,(H,20,23)(H2,18,21,24)/t9-,14+/m1/s1. The van der Waals surface area contributed by atoms with Crippen LogP contribution in [0.3, 0.4) is 0 Å². The van der Waals surface area contributed by atoms with Crippen molar-refractivity contribution in [3.63, 3.8) is 0 Å². The first kappa shape index (κ1) is 16.0. The lowest BCUT2D eigenvalue weighted by molar-refractivity contribution is -0.123. The quantitative estimate of drug-likeness (QED) is 0.786. The highest BCUT2D eigenvalue weighted by Gasteiger charge is 2.28. The Morgan fingerprint density at radius 2 is 2.12 bits per heavy atom. The predicted molar refractivity (Wildman–Crippen MR) is 85.1 cm³/mol. The van der Waals surface area contributed by atoms with Crippen molar-refractivity contribution in [1.82, 2.24) is 25.7 Å². The fourth-order valence-electron chi connectivity index (χ4n) is 2.70. The molecule has 3 amide bonds. The van der Waals surface area contributed by atoms with Crippen LogP contribution in [0.2, 0.25) is 0 Å². The molecule has 2 heterocycles. The highest BCUT2D eigenvalue weighted by atomic mass is 19.1. The van der Waals surface area contributed by atoms with E-state index in [2.05, 4.69) is 21.0 Å². The van der Waals surface area contributed by atoms with E-state index in [1.807, 2.05) is 13.8 Å². The van der Waals surface area contributed by atoms with Gasteiger partial charge in [-0.3, -0.25) is 4.79 Å². The van der Waals surface area contributed by atoms with Crippen molar-refractivity contribution in [2.75, 3.05) is 6.54 Å². The molecule has 2 atom stereocenters. The van der Waals surface area contributed by atoms with Crippen molar-refractivity contribution in [3.05, 3.63) is 47.5 Å². The number of hydrogen-bond donors (Lipinski definition) is 3. The number of aromatic nitrogens is 2. The van der Waals surface area contributed by atoms with Gasteiger partial charge in [0.05, 0.1) is 17.9 Å². The Bertz CT molecular complexity index is 771. The van der Waals surface area contributed by atoms with E-state index in [-0.39, 0.29) is 30.3 Å². The summed E-state index contributed by atoms with van der Waals surface area (Å²) in [5, 5.41) is 12.3. The molecule has 24 heavy (non-hydrogen) atoms. The molecular weight excluding hydrogens is 313 g/mol. The fourth-order valence-corrected chi connectivity index (χ4v) is 2.70. The lowest BCUT2D eigenvalue weighted by Gasteiger charge is -2.16. The van der Waals surface area contributed by atoms with E-state index in [1.165, 1.54) is 12.1 Å². The third kappa shape index (κ3) is 3.08. The molecule has 0 saturated carbocycles. The fraction of sp³-hybridized carbons (Fsp3) is 0.312. The van der Waals surface area contributed by atoms with Gasteiger partial charge in [0.1, 0.15) is 11.9 Å². The van der Waals surface area contributed by atoms with Gasteiger partial charge in [-0.2, -0.15) is 5.10 Å². The lowest BCUT2D eigenvalue weighted by atomic mass is 10.1. The van der Waals surface area contributed by atoms with E-state index < -0.39 is 6.04 Å². The van der Waals surface area contributed by atoms with E-state index in [0.717, 1.165) is 16.9 Å². The summed E-state index contributed by atoms with van der Waals surface area (Å²) in [6.45, 7) is 4.00. The zero-order chi connectivity index (χ0) is 17.3. The molecule has 3 N–H and O–H groups in total. The predicted octanol–water partition coefficient (Wildman–Crippen LogP) is 1.18. The minimum absolute atomic E-state index is 0.255. The number of hydrogen-bond acceptors (Lipinski definition) is 3. The monoisotopic (exact) mass is 331 g/mol. The Balaban J connectivity index is 1.74. The van der Waals surface area contributed by atoms with Gasteiger partial charge in [0.25, 0.3) is 0 Å². The Hall–Kier alpha value is -2.90. The number of carbonyl (C=O) groups is 2. The van der Waals surface area contributed by atoms with Gasteiger partial charge in [-0.15, -0.1) is 0 Å². The second-order valence-electron chi connectivity index (χ2n) is 5.71. The van der Waals surface area contributed by atoms with Gasteiger partial charge < -0.3 is 16.0 Å². The molecule has 126 valence electrons. The maximum Gasteiger partial charge on any atom is 0.315 e. The summed E-state index contributed by atoms with van der Waals surface area (Å²) >= 11 is 0. The van der Waals surface area contributed by atoms with Gasteiger partial charge in [0, 0.05) is 17.8 Å². The van der Waals surface area contributed by atoms with Crippen LogP contribution in [0, 0.1) is 12.7 Å². The van der Waals surface area contributed by atoms with Gasteiger partial charge in [0.2, 0.25) is 5.91 Å². The van der Waals surface area contributed by atoms with Gasteiger partial charge in [-0.05, 0) is 38.1 Å². The second-order valence-corrected chi connectivity index (χ2v) is 5.71. The molecule has 0 bridgehead atoms. The molecule has 1 aromatic carbocycles. The first-order valence-corrected chi connectivity index (χ1v) is 7.61. The highest BCUT2D eigenvalue weighted by molar-refractivity contribution is 5.90. The number of carbonyl (C=O) groups excluding carboxylic acids is 2. The van der Waals surface area contributed by atoms with Gasteiger partial charge in [0.15, 0.2) is 0 Å². The summed E-state index contributed by atoms with van der Waals surface area (Å²) in [6, 6.07) is 4.83. The maximum atomic E-state index is 13.0. The second kappa shape index (κ2) is 6.31. The van der Waals surface area contributed by atoms with Crippen LogP contribution in [-0.4, -0.2) is 34.3 Å². The van der Waals surface area contributed by atoms with E-state index in [0.29, 0.717) is 0 Å². The number of amides is 3. The van der Waals surface area contributed by atoms with Gasteiger partial charge >= 0.3 is 6.03 Å². The molecule has 3 rings (SSSR count). The van der Waals surface area contributed by atoms with Crippen molar-refractivity contribution in [1.29, 1.82) is 0 Å². The smallest absolute Gasteiger partial charge is 0.315 e. The summed E-state index contributed by atoms with van der Waals surface area (Å²) in [6.07, 6.45) is 1.68. The summed E-state index contributed by atoms with van der Waals surface area (Å²) in [7, 11) is 0. The highest BCUT2D eigenvalue weighted by Crippen LogP contribution is 2.20. The minimum atomic E-state index is -0.576. The third-order valence-electron chi connectivity index (χ3n) is 4.03. The number of benzene rings is 1. The first-order valence-electron chi connectivity index (χ1n) is 7.61. The first-order chi connectivity index (χ1) is 11.5. The molecular formula is C16H18FN5O2. The lowest BCUT2D eigenvalue weighted by Crippen LogP contribution is -2.43. The Labute approximate surface area is 138 Å². The van der Waals surface area contributed by atoms with Gasteiger partial charge in [-0.1, -0.05) is 0 Å². The molecule has 7 nitrogen and oxygen atoms in total. The number of halogens is 1. The van der Waals surface area contributed by atoms with Crippen molar-refractivity contribution < 1.29 is 14.0 Å². The normalized spacial score (nSPS) is 18.0. The molecule has 1 aliphatic heterocycles. The molecule has 0 radical (unpaired) electrons. The molecule has 1 aliphatic rings. The minimum Gasteiger partial charge on any atom is -0.348 e. The summed E-state index contributed by atoms with van der Waals surface area (Å²) in [5.74, 6) is -0.564. The number of nitrogens with one attached hydrogen (secondary N) is 3. The maximum absolute atomic E-state index is 13.0. The number of nitrogens with zero attached hydrogens (tertiary/aromatic N) is 2. The van der Waals surface area contributed by atoms with Crippen molar-refractivity contribution in [3.8, 4) is 5.69 Å². The van der Waals surface area contributed by atoms with Crippen LogP contribution in [-0.2, 0) is 4.79 Å². The van der Waals surface area contributed by atoms with Crippen LogP contribution in [0.1, 0.15) is 24.2 Å². The molecule has 1 aromatic heterocycles. The zero-order valence-electron chi connectivity index (χ0n) is 13.3. The summed E-state index contributed by atoms with van der Waals surface area (Å²) in [5.41, 5.74) is 2.44. The molecule has 0 spiro atoms. The van der Waals surface area contributed by atoms with Crippen molar-refractivity contribution in [2.45, 2.75) is 25.9 Å². The molecule has 2 aromatic rings. The number of urea groups is 1. The van der Waals surface area contributed by atoms with Crippen LogP contribution >= 0.6 is 0 Å². The van der Waals surface area contributed by atoms with Crippen LogP contribution < -0.4 is 16.0 Å². The third-order valence-corrected chi connectivity index (χ3v) is 4.03. The molecule has 1 fully saturated rings. The topological polar surface area (TPSA) is 88.1 Å².